The molecule has 15 heavy (non-hydrogen) atoms. The lowest BCUT2D eigenvalue weighted by molar-refractivity contribution is -0.125. The maximum Gasteiger partial charge on any atom is 0.137 e. The number of hydrogen-bond acceptors (Lipinski definition) is 2. The number of aryl methyl sites for hydroxylation is 2. The lowest BCUT2D eigenvalue weighted by Gasteiger charge is -2.21. The van der Waals surface area contributed by atoms with Crippen LogP contribution in [0.3, 0.4) is 0 Å². The van der Waals surface area contributed by atoms with E-state index in [0.717, 1.165) is 37.3 Å². The van der Waals surface area contributed by atoms with Gasteiger partial charge < -0.3 is 4.57 Å². The first kappa shape index (κ1) is 10.4. The number of aromatic nitrogens is 2. The normalized spacial score (nSPS) is 22.0. The molecule has 0 spiro atoms. The Kier molecular flexibility index (Phi) is 2.89. The number of imidazole rings is 1. The summed E-state index contributed by atoms with van der Waals surface area (Å²) >= 11 is 0. The molecule has 1 aliphatic rings. The topological polar surface area (TPSA) is 34.9 Å². The van der Waals surface area contributed by atoms with Crippen molar-refractivity contribution in [2.75, 3.05) is 0 Å². The monoisotopic (exact) mass is 206 g/mol. The van der Waals surface area contributed by atoms with Crippen LogP contribution in [-0.2, 0) is 11.3 Å². The van der Waals surface area contributed by atoms with E-state index in [4.69, 9.17) is 0 Å². The van der Waals surface area contributed by atoms with Gasteiger partial charge >= 0.3 is 0 Å². The summed E-state index contributed by atoms with van der Waals surface area (Å²) in [6.45, 7) is 4.82. The van der Waals surface area contributed by atoms with E-state index in [1.807, 2.05) is 20.0 Å². The van der Waals surface area contributed by atoms with E-state index in [-0.39, 0.29) is 5.92 Å². The smallest absolute Gasteiger partial charge is 0.137 e. The first-order valence-corrected chi connectivity index (χ1v) is 5.70. The van der Waals surface area contributed by atoms with Crippen molar-refractivity contribution in [3.63, 3.8) is 0 Å². The molecule has 1 saturated carbocycles. The summed E-state index contributed by atoms with van der Waals surface area (Å²) in [6.07, 6.45) is 6.14. The average Bonchev–Trinajstić information content (AvgIpc) is 2.49. The Morgan fingerprint density at radius 1 is 1.47 bits per heavy atom. The second kappa shape index (κ2) is 4.17. The number of carbonyl (C=O) groups excluding carboxylic acids is 1. The molecule has 0 saturated heterocycles. The predicted molar refractivity (Wildman–Crippen MR) is 58.7 cm³/mol. The van der Waals surface area contributed by atoms with Crippen molar-refractivity contribution in [1.82, 2.24) is 9.55 Å². The molecule has 0 aromatic carbocycles. The van der Waals surface area contributed by atoms with Crippen LogP contribution in [-0.4, -0.2) is 15.3 Å². The van der Waals surface area contributed by atoms with Crippen LogP contribution in [0.1, 0.15) is 37.2 Å². The summed E-state index contributed by atoms with van der Waals surface area (Å²) in [5.74, 6) is 1.68. The molecule has 0 N–H and O–H groups in total. The second-order valence-corrected chi connectivity index (χ2v) is 4.49. The van der Waals surface area contributed by atoms with Crippen LogP contribution >= 0.6 is 0 Å². The van der Waals surface area contributed by atoms with E-state index in [2.05, 4.69) is 9.55 Å². The number of carbonyl (C=O) groups is 1. The van der Waals surface area contributed by atoms with Crippen LogP contribution in [0.4, 0.5) is 0 Å². The van der Waals surface area contributed by atoms with Gasteiger partial charge in [-0.15, -0.1) is 0 Å². The minimum absolute atomic E-state index is 0.228. The molecule has 0 amide bonds. The zero-order chi connectivity index (χ0) is 10.8. The lowest BCUT2D eigenvalue weighted by atomic mass is 9.88. The molecule has 1 heterocycles. The van der Waals surface area contributed by atoms with Gasteiger partial charge in [0.15, 0.2) is 0 Å². The maximum atomic E-state index is 11.7. The highest BCUT2D eigenvalue weighted by atomic mass is 16.1. The standard InChI is InChI=1S/C12H18N2O/c1-9-7-14(10(2)13-9)8-11-5-3-4-6-12(11)15/h7,11H,3-6,8H2,1-2H3. The summed E-state index contributed by atoms with van der Waals surface area (Å²) in [5, 5.41) is 0. The van der Waals surface area contributed by atoms with Crippen molar-refractivity contribution < 1.29 is 4.79 Å². The van der Waals surface area contributed by atoms with Gasteiger partial charge in [-0.3, -0.25) is 4.79 Å². The predicted octanol–water partition coefficient (Wildman–Crippen LogP) is 2.26. The minimum atomic E-state index is 0.228. The van der Waals surface area contributed by atoms with Gasteiger partial charge in [0.2, 0.25) is 0 Å². The molecule has 1 aromatic heterocycles. The van der Waals surface area contributed by atoms with Gasteiger partial charge in [0.25, 0.3) is 0 Å². The highest BCUT2D eigenvalue weighted by molar-refractivity contribution is 5.81. The van der Waals surface area contributed by atoms with Crippen LogP contribution in [0.15, 0.2) is 6.20 Å². The van der Waals surface area contributed by atoms with E-state index >= 15 is 0 Å². The van der Waals surface area contributed by atoms with Gasteiger partial charge in [0, 0.05) is 25.1 Å². The maximum absolute atomic E-state index is 11.7. The van der Waals surface area contributed by atoms with Crippen LogP contribution in [0.5, 0.6) is 0 Å². The van der Waals surface area contributed by atoms with Crippen LogP contribution in [0, 0.1) is 19.8 Å². The quantitative estimate of drug-likeness (QED) is 0.744. The van der Waals surface area contributed by atoms with Crippen molar-refractivity contribution in [3.05, 3.63) is 17.7 Å². The molecule has 3 nitrogen and oxygen atoms in total. The molecular formula is C12H18N2O. The van der Waals surface area contributed by atoms with Gasteiger partial charge in [-0.05, 0) is 26.7 Å². The molecule has 1 atom stereocenters. The van der Waals surface area contributed by atoms with E-state index in [1.165, 1.54) is 6.42 Å². The molecule has 82 valence electrons. The summed E-state index contributed by atoms with van der Waals surface area (Å²) in [4.78, 5) is 16.0. The Morgan fingerprint density at radius 3 is 2.87 bits per heavy atom. The van der Waals surface area contributed by atoms with E-state index in [1.54, 1.807) is 0 Å². The summed E-state index contributed by atoms with van der Waals surface area (Å²) in [7, 11) is 0. The zero-order valence-corrected chi connectivity index (χ0v) is 9.49. The Morgan fingerprint density at radius 2 is 2.27 bits per heavy atom. The summed E-state index contributed by atoms with van der Waals surface area (Å²) in [5.41, 5.74) is 1.04. The number of ketones is 1. The van der Waals surface area contributed by atoms with Gasteiger partial charge in [-0.1, -0.05) is 6.42 Å². The van der Waals surface area contributed by atoms with E-state index in [9.17, 15) is 4.79 Å². The third-order valence-electron chi connectivity index (χ3n) is 3.19. The van der Waals surface area contributed by atoms with Crippen molar-refractivity contribution >= 4 is 5.78 Å². The Balaban J connectivity index is 2.07. The zero-order valence-electron chi connectivity index (χ0n) is 9.49. The summed E-state index contributed by atoms with van der Waals surface area (Å²) in [6, 6.07) is 0. The average molecular weight is 206 g/mol. The van der Waals surface area contributed by atoms with E-state index < -0.39 is 0 Å². The molecule has 1 unspecified atom stereocenters. The number of hydrogen-bond donors (Lipinski definition) is 0. The van der Waals surface area contributed by atoms with Crippen LogP contribution < -0.4 is 0 Å². The van der Waals surface area contributed by atoms with Crippen molar-refractivity contribution in [1.29, 1.82) is 0 Å². The van der Waals surface area contributed by atoms with Crippen molar-refractivity contribution in [3.8, 4) is 0 Å². The molecular weight excluding hydrogens is 188 g/mol. The third-order valence-corrected chi connectivity index (χ3v) is 3.19. The first-order chi connectivity index (χ1) is 7.16. The lowest BCUT2D eigenvalue weighted by Crippen LogP contribution is -2.24. The molecule has 2 rings (SSSR count). The van der Waals surface area contributed by atoms with Gasteiger partial charge in [0.1, 0.15) is 11.6 Å². The molecule has 1 fully saturated rings. The van der Waals surface area contributed by atoms with Crippen LogP contribution in [0.2, 0.25) is 0 Å². The SMILES string of the molecule is Cc1cn(CC2CCCCC2=O)c(C)n1. The molecule has 0 aliphatic heterocycles. The van der Waals surface area contributed by atoms with Gasteiger partial charge in [-0.2, -0.15) is 0 Å². The fourth-order valence-electron chi connectivity index (χ4n) is 2.34. The molecule has 3 heteroatoms. The highest BCUT2D eigenvalue weighted by Crippen LogP contribution is 2.22. The second-order valence-electron chi connectivity index (χ2n) is 4.49. The van der Waals surface area contributed by atoms with Crippen LogP contribution in [0.25, 0.3) is 0 Å². The number of Topliss-reactive ketones (excluding diaryl/α,β-unsaturated/α-hetero) is 1. The molecule has 1 aromatic rings. The first-order valence-electron chi connectivity index (χ1n) is 5.70. The largest absolute Gasteiger partial charge is 0.334 e. The van der Waals surface area contributed by atoms with Crippen molar-refractivity contribution in [2.24, 2.45) is 5.92 Å². The van der Waals surface area contributed by atoms with Gasteiger partial charge in [0.05, 0.1) is 5.69 Å². The Hall–Kier alpha value is -1.12. The van der Waals surface area contributed by atoms with Gasteiger partial charge in [-0.25, -0.2) is 4.98 Å². The van der Waals surface area contributed by atoms with Crippen molar-refractivity contribution in [2.45, 2.75) is 46.1 Å². The summed E-state index contributed by atoms with van der Waals surface area (Å²) < 4.78 is 2.11. The highest BCUT2D eigenvalue weighted by Gasteiger charge is 2.22. The Bertz CT molecular complexity index is 368. The number of nitrogens with zero attached hydrogens (tertiary/aromatic N) is 2. The fraction of sp³-hybridized carbons (Fsp3) is 0.667. The Labute approximate surface area is 90.5 Å². The molecule has 1 aliphatic carbocycles. The third kappa shape index (κ3) is 2.28. The molecule has 0 radical (unpaired) electrons. The molecule has 0 bridgehead atoms. The fourth-order valence-corrected chi connectivity index (χ4v) is 2.34. The number of rotatable bonds is 2. The van der Waals surface area contributed by atoms with E-state index in [0.29, 0.717) is 5.78 Å². The minimum Gasteiger partial charge on any atom is -0.334 e.